The number of nitrogens with one attached hydrogen (secondary N) is 1. The molecule has 3 aromatic rings. The minimum atomic E-state index is -3.55. The van der Waals surface area contributed by atoms with E-state index in [9.17, 15) is 8.42 Å². The highest BCUT2D eigenvalue weighted by Crippen LogP contribution is 2.28. The molecule has 22 heavy (non-hydrogen) atoms. The summed E-state index contributed by atoms with van der Waals surface area (Å²) in [6, 6.07) is 10.7. The Hall–Kier alpha value is -1.90. The summed E-state index contributed by atoms with van der Waals surface area (Å²) in [4.78, 5) is 4.32. The smallest absolute Gasteiger partial charge is 0.273 e. The number of aromatic nitrogens is 1. The molecule has 3 rings (SSSR count). The number of hydrogen-bond donors (Lipinski definition) is 1. The van der Waals surface area contributed by atoms with Crippen molar-refractivity contribution in [3.05, 3.63) is 47.2 Å². The van der Waals surface area contributed by atoms with Gasteiger partial charge in [0.2, 0.25) is 0 Å². The number of sulfonamides is 1. The van der Waals surface area contributed by atoms with Crippen LogP contribution >= 0.6 is 22.7 Å². The highest BCUT2D eigenvalue weighted by Gasteiger charge is 2.17. The molecule has 0 unspecified atom stereocenters. The number of benzene rings is 1. The number of thiophene rings is 1. The maximum Gasteiger partial charge on any atom is 0.273 e. The molecule has 0 atom stereocenters. The lowest BCUT2D eigenvalue weighted by atomic mass is 10.2. The summed E-state index contributed by atoms with van der Waals surface area (Å²) in [6.07, 6.45) is 0. The van der Waals surface area contributed by atoms with Gasteiger partial charge in [0.15, 0.2) is 5.13 Å². The average Bonchev–Trinajstić information content (AvgIpc) is 3.18. The molecule has 0 aliphatic carbocycles. The summed E-state index contributed by atoms with van der Waals surface area (Å²) in [5, 5.41) is 3.88. The zero-order chi connectivity index (χ0) is 15.6. The molecule has 0 aliphatic heterocycles. The molecule has 1 aromatic carbocycles. The normalized spacial score (nSPS) is 11.3. The van der Waals surface area contributed by atoms with Gasteiger partial charge in [-0.1, -0.05) is 6.07 Å². The monoisotopic (exact) mass is 352 g/mol. The van der Waals surface area contributed by atoms with Crippen LogP contribution in [0, 0.1) is 0 Å². The van der Waals surface area contributed by atoms with Crippen molar-refractivity contribution < 1.29 is 13.2 Å². The lowest BCUT2D eigenvalue weighted by Crippen LogP contribution is -2.11. The topological polar surface area (TPSA) is 68.3 Å². The van der Waals surface area contributed by atoms with Crippen LogP contribution in [-0.4, -0.2) is 20.5 Å². The van der Waals surface area contributed by atoms with E-state index in [0.717, 1.165) is 17.0 Å². The SMILES string of the molecule is COc1ccc(-c2csc(NS(=O)(=O)c3cccs3)n2)cc1. The molecule has 114 valence electrons. The van der Waals surface area contributed by atoms with Gasteiger partial charge in [0.1, 0.15) is 9.96 Å². The third kappa shape index (κ3) is 3.13. The first-order valence-electron chi connectivity index (χ1n) is 6.25. The first-order chi connectivity index (χ1) is 10.6. The van der Waals surface area contributed by atoms with Gasteiger partial charge in [-0.15, -0.1) is 22.7 Å². The predicted octanol–water partition coefficient (Wildman–Crippen LogP) is 3.68. The Bertz CT molecular complexity index is 853. The van der Waals surface area contributed by atoms with E-state index in [2.05, 4.69) is 9.71 Å². The molecule has 0 aliphatic rings. The molecule has 1 N–H and O–H groups in total. The van der Waals surface area contributed by atoms with E-state index in [-0.39, 0.29) is 4.21 Å². The predicted molar refractivity (Wildman–Crippen MR) is 89.2 cm³/mol. The van der Waals surface area contributed by atoms with Gasteiger partial charge in [-0.05, 0) is 35.7 Å². The molecule has 0 saturated carbocycles. The van der Waals surface area contributed by atoms with Gasteiger partial charge in [0.25, 0.3) is 10.0 Å². The second-order valence-corrected chi connectivity index (χ2v) is 8.02. The molecule has 0 fully saturated rings. The summed E-state index contributed by atoms with van der Waals surface area (Å²) in [7, 11) is -1.95. The van der Waals surface area contributed by atoms with Crippen LogP contribution < -0.4 is 9.46 Å². The number of ether oxygens (including phenoxy) is 1. The van der Waals surface area contributed by atoms with Crippen LogP contribution in [0.5, 0.6) is 5.75 Å². The lowest BCUT2D eigenvalue weighted by Gasteiger charge is -2.02. The van der Waals surface area contributed by atoms with Gasteiger partial charge in [0, 0.05) is 10.9 Å². The Balaban J connectivity index is 1.82. The summed E-state index contributed by atoms with van der Waals surface area (Å²) < 4.78 is 32.2. The highest BCUT2D eigenvalue weighted by atomic mass is 32.2. The zero-order valence-electron chi connectivity index (χ0n) is 11.5. The van der Waals surface area contributed by atoms with E-state index in [0.29, 0.717) is 5.13 Å². The maximum absolute atomic E-state index is 12.1. The quantitative estimate of drug-likeness (QED) is 0.760. The van der Waals surface area contributed by atoms with Gasteiger partial charge in [-0.25, -0.2) is 13.4 Å². The van der Waals surface area contributed by atoms with Crippen LogP contribution in [0.3, 0.4) is 0 Å². The van der Waals surface area contributed by atoms with Crippen molar-refractivity contribution in [2.75, 3.05) is 11.8 Å². The van der Waals surface area contributed by atoms with E-state index < -0.39 is 10.0 Å². The van der Waals surface area contributed by atoms with E-state index in [1.807, 2.05) is 29.6 Å². The summed E-state index contributed by atoms with van der Waals surface area (Å²) in [5.74, 6) is 0.762. The van der Waals surface area contributed by atoms with Crippen molar-refractivity contribution in [1.82, 2.24) is 4.98 Å². The van der Waals surface area contributed by atoms with E-state index in [4.69, 9.17) is 4.74 Å². The molecular weight excluding hydrogens is 340 g/mol. The van der Waals surface area contributed by atoms with Crippen LogP contribution in [0.25, 0.3) is 11.3 Å². The van der Waals surface area contributed by atoms with E-state index >= 15 is 0 Å². The van der Waals surface area contributed by atoms with Crippen LogP contribution in [0.1, 0.15) is 0 Å². The van der Waals surface area contributed by atoms with Gasteiger partial charge >= 0.3 is 0 Å². The second-order valence-electron chi connectivity index (χ2n) is 4.30. The molecule has 8 heteroatoms. The van der Waals surface area contributed by atoms with Gasteiger partial charge in [-0.2, -0.15) is 0 Å². The highest BCUT2D eigenvalue weighted by molar-refractivity contribution is 7.94. The van der Waals surface area contributed by atoms with Crippen molar-refractivity contribution in [2.45, 2.75) is 4.21 Å². The van der Waals surface area contributed by atoms with Crippen LogP contribution in [0.2, 0.25) is 0 Å². The molecule has 0 amide bonds. The first kappa shape index (κ1) is 15.0. The number of rotatable bonds is 5. The number of hydrogen-bond acceptors (Lipinski definition) is 6. The summed E-state index contributed by atoms with van der Waals surface area (Å²) in [6.45, 7) is 0. The molecule has 0 radical (unpaired) electrons. The molecule has 0 bridgehead atoms. The lowest BCUT2D eigenvalue weighted by molar-refractivity contribution is 0.415. The number of thiazole rings is 1. The first-order valence-corrected chi connectivity index (χ1v) is 9.49. The van der Waals surface area contributed by atoms with Crippen molar-refractivity contribution in [2.24, 2.45) is 0 Å². The van der Waals surface area contributed by atoms with Crippen LogP contribution in [0.15, 0.2) is 51.4 Å². The molecule has 2 heterocycles. The molecule has 2 aromatic heterocycles. The molecular formula is C14H12N2O3S3. The fraction of sp³-hybridized carbons (Fsp3) is 0.0714. The third-order valence-electron chi connectivity index (χ3n) is 2.87. The standard InChI is InChI=1S/C14H12N2O3S3/c1-19-11-6-4-10(5-7-11)12-9-21-14(15-12)16-22(17,18)13-3-2-8-20-13/h2-9H,1H3,(H,15,16). The van der Waals surface area contributed by atoms with Crippen LogP contribution in [-0.2, 0) is 10.0 Å². The minimum absolute atomic E-state index is 0.272. The Morgan fingerprint density at radius 1 is 1.14 bits per heavy atom. The fourth-order valence-electron chi connectivity index (χ4n) is 1.80. The Labute approximate surface area is 136 Å². The Morgan fingerprint density at radius 3 is 2.55 bits per heavy atom. The van der Waals surface area contributed by atoms with Gasteiger partial charge in [-0.3, -0.25) is 4.72 Å². The van der Waals surface area contributed by atoms with Crippen molar-refractivity contribution in [1.29, 1.82) is 0 Å². The second kappa shape index (κ2) is 6.07. The molecule has 0 saturated heterocycles. The molecule has 5 nitrogen and oxygen atoms in total. The zero-order valence-corrected chi connectivity index (χ0v) is 14.0. The van der Waals surface area contributed by atoms with Crippen molar-refractivity contribution in [3.8, 4) is 17.0 Å². The molecule has 0 spiro atoms. The Morgan fingerprint density at radius 2 is 1.91 bits per heavy atom. The Kier molecular flexibility index (Phi) is 4.14. The average molecular weight is 352 g/mol. The van der Waals surface area contributed by atoms with E-state index in [1.54, 1.807) is 24.6 Å². The summed E-state index contributed by atoms with van der Waals surface area (Å²) in [5.41, 5.74) is 1.62. The van der Waals surface area contributed by atoms with Gasteiger partial charge < -0.3 is 4.74 Å². The van der Waals surface area contributed by atoms with Crippen molar-refractivity contribution in [3.63, 3.8) is 0 Å². The summed E-state index contributed by atoms with van der Waals surface area (Å²) >= 11 is 2.42. The maximum atomic E-state index is 12.1. The fourth-order valence-corrected chi connectivity index (χ4v) is 4.76. The number of anilines is 1. The van der Waals surface area contributed by atoms with Gasteiger partial charge in [0.05, 0.1) is 12.8 Å². The third-order valence-corrected chi connectivity index (χ3v) is 6.49. The largest absolute Gasteiger partial charge is 0.497 e. The van der Waals surface area contributed by atoms with Crippen molar-refractivity contribution >= 4 is 37.8 Å². The minimum Gasteiger partial charge on any atom is -0.497 e. The van der Waals surface area contributed by atoms with Crippen LogP contribution in [0.4, 0.5) is 5.13 Å². The van der Waals surface area contributed by atoms with E-state index in [1.165, 1.54) is 22.7 Å². The number of nitrogens with zero attached hydrogens (tertiary/aromatic N) is 1. The number of methoxy groups -OCH3 is 1.